The van der Waals surface area contributed by atoms with Crippen LogP contribution in [0.2, 0.25) is 0 Å². The Kier molecular flexibility index (Phi) is 2.43. The van der Waals surface area contributed by atoms with Crippen LogP contribution in [0, 0.1) is 5.82 Å². The van der Waals surface area contributed by atoms with Gasteiger partial charge in [0.2, 0.25) is 5.91 Å². The molecule has 0 bridgehead atoms. The number of H-pyrrole nitrogens is 1. The number of aromatic amines is 1. The largest absolute Gasteiger partial charge is 0.352 e. The number of hydrogen-bond donors (Lipinski definition) is 2. The lowest BCUT2D eigenvalue weighted by Gasteiger charge is -2.04. The topological polar surface area (TPSA) is 66.9 Å². The molecule has 5 nitrogen and oxygen atoms in total. The molecular weight excluding hydrogens is 237 g/mol. The van der Waals surface area contributed by atoms with E-state index in [-0.39, 0.29) is 18.5 Å². The highest BCUT2D eigenvalue weighted by Crippen LogP contribution is 2.18. The van der Waals surface area contributed by atoms with Crippen LogP contribution < -0.4 is 11.0 Å². The van der Waals surface area contributed by atoms with Gasteiger partial charge in [0, 0.05) is 6.04 Å². The second kappa shape index (κ2) is 3.97. The molecule has 0 spiro atoms. The van der Waals surface area contributed by atoms with Crippen LogP contribution in [0.3, 0.4) is 0 Å². The molecule has 1 aromatic heterocycles. The third kappa shape index (κ3) is 2.01. The molecule has 0 atom stereocenters. The van der Waals surface area contributed by atoms with Crippen LogP contribution in [-0.4, -0.2) is 21.5 Å². The number of rotatable bonds is 3. The Balaban J connectivity index is 1.92. The molecule has 0 aliphatic heterocycles. The Hall–Kier alpha value is -2.11. The highest BCUT2D eigenvalue weighted by Gasteiger charge is 2.23. The number of nitrogens with zero attached hydrogens (tertiary/aromatic N) is 1. The van der Waals surface area contributed by atoms with E-state index in [2.05, 4.69) is 10.3 Å². The number of halogens is 1. The molecule has 94 valence electrons. The van der Waals surface area contributed by atoms with Gasteiger partial charge in [-0.2, -0.15) is 0 Å². The van der Waals surface area contributed by atoms with Crippen molar-refractivity contribution >= 4 is 16.9 Å². The number of hydrogen-bond acceptors (Lipinski definition) is 2. The molecule has 1 aliphatic carbocycles. The van der Waals surface area contributed by atoms with Gasteiger partial charge < -0.3 is 10.3 Å². The minimum atomic E-state index is -0.418. The number of nitrogens with one attached hydrogen (secondary N) is 2. The Labute approximate surface area is 102 Å². The molecule has 2 N–H and O–H groups in total. The van der Waals surface area contributed by atoms with Crippen LogP contribution in [-0.2, 0) is 11.3 Å². The van der Waals surface area contributed by atoms with Crippen molar-refractivity contribution < 1.29 is 9.18 Å². The molecule has 0 radical (unpaired) electrons. The van der Waals surface area contributed by atoms with Gasteiger partial charge in [-0.3, -0.25) is 9.36 Å². The van der Waals surface area contributed by atoms with Crippen molar-refractivity contribution in [3.05, 3.63) is 34.5 Å². The smallest absolute Gasteiger partial charge is 0.326 e. The first kappa shape index (κ1) is 11.0. The fourth-order valence-corrected chi connectivity index (χ4v) is 1.94. The van der Waals surface area contributed by atoms with E-state index < -0.39 is 11.5 Å². The lowest BCUT2D eigenvalue weighted by molar-refractivity contribution is -0.121. The summed E-state index contributed by atoms with van der Waals surface area (Å²) in [4.78, 5) is 25.9. The second-order valence-corrected chi connectivity index (χ2v) is 4.52. The predicted octanol–water partition coefficient (Wildman–Crippen LogP) is 0.747. The van der Waals surface area contributed by atoms with Crippen LogP contribution in [0.1, 0.15) is 12.8 Å². The van der Waals surface area contributed by atoms with E-state index in [0.29, 0.717) is 11.0 Å². The van der Waals surface area contributed by atoms with Gasteiger partial charge in [0.05, 0.1) is 11.0 Å². The highest BCUT2D eigenvalue weighted by molar-refractivity contribution is 5.80. The molecule has 0 unspecified atom stereocenters. The normalized spacial score (nSPS) is 14.9. The van der Waals surface area contributed by atoms with Crippen LogP contribution in [0.5, 0.6) is 0 Å². The molecular formula is C12H12FN3O2. The molecule has 1 heterocycles. The molecule has 3 rings (SSSR count). The van der Waals surface area contributed by atoms with Crippen LogP contribution in [0.4, 0.5) is 4.39 Å². The SMILES string of the molecule is O=C(Cn1c(=O)[nH]c2cc(F)ccc21)NC1CC1. The van der Waals surface area contributed by atoms with Crippen LogP contribution in [0.15, 0.2) is 23.0 Å². The maximum absolute atomic E-state index is 13.0. The van der Waals surface area contributed by atoms with Crippen molar-refractivity contribution in [1.82, 2.24) is 14.9 Å². The van der Waals surface area contributed by atoms with Gasteiger partial charge in [-0.25, -0.2) is 9.18 Å². The Morgan fingerprint density at radius 1 is 1.50 bits per heavy atom. The van der Waals surface area contributed by atoms with Crippen molar-refractivity contribution in [2.75, 3.05) is 0 Å². The first-order chi connectivity index (χ1) is 8.63. The summed E-state index contributed by atoms with van der Waals surface area (Å²) >= 11 is 0. The van der Waals surface area contributed by atoms with Crippen molar-refractivity contribution in [1.29, 1.82) is 0 Å². The van der Waals surface area contributed by atoms with Crippen LogP contribution >= 0.6 is 0 Å². The van der Waals surface area contributed by atoms with Crippen molar-refractivity contribution in [2.45, 2.75) is 25.4 Å². The zero-order valence-corrected chi connectivity index (χ0v) is 9.57. The van der Waals surface area contributed by atoms with E-state index in [9.17, 15) is 14.0 Å². The Morgan fingerprint density at radius 3 is 3.00 bits per heavy atom. The zero-order chi connectivity index (χ0) is 12.7. The van der Waals surface area contributed by atoms with E-state index in [1.54, 1.807) is 0 Å². The number of fused-ring (bicyclic) bond motifs is 1. The minimum Gasteiger partial charge on any atom is -0.352 e. The maximum Gasteiger partial charge on any atom is 0.326 e. The van der Waals surface area contributed by atoms with Gasteiger partial charge in [-0.1, -0.05) is 0 Å². The fraction of sp³-hybridized carbons (Fsp3) is 0.333. The summed E-state index contributed by atoms with van der Waals surface area (Å²) in [5.74, 6) is -0.608. The monoisotopic (exact) mass is 249 g/mol. The molecule has 1 saturated carbocycles. The molecule has 0 saturated heterocycles. The summed E-state index contributed by atoms with van der Waals surface area (Å²) in [6, 6.07) is 4.26. The standard InChI is InChI=1S/C12H12FN3O2/c13-7-1-4-10-9(5-7)15-12(18)16(10)6-11(17)14-8-2-3-8/h1,4-5,8H,2-3,6H2,(H,14,17)(H,15,18). The number of carbonyl (C=O) groups is 1. The third-order valence-electron chi connectivity index (χ3n) is 2.98. The van der Waals surface area contributed by atoms with Gasteiger partial charge in [0.15, 0.2) is 0 Å². The minimum absolute atomic E-state index is 0.0407. The first-order valence-electron chi connectivity index (χ1n) is 5.81. The summed E-state index contributed by atoms with van der Waals surface area (Å²) in [5, 5.41) is 2.81. The third-order valence-corrected chi connectivity index (χ3v) is 2.98. The van der Waals surface area contributed by atoms with Gasteiger partial charge in [0.1, 0.15) is 12.4 Å². The quantitative estimate of drug-likeness (QED) is 0.842. The molecule has 1 aliphatic rings. The van der Waals surface area contributed by atoms with E-state index in [1.807, 2.05) is 0 Å². The maximum atomic E-state index is 13.0. The number of imidazole rings is 1. The van der Waals surface area contributed by atoms with Crippen LogP contribution in [0.25, 0.3) is 11.0 Å². The van der Waals surface area contributed by atoms with Crippen molar-refractivity contribution in [2.24, 2.45) is 0 Å². The summed E-state index contributed by atoms with van der Waals surface area (Å²) in [5.41, 5.74) is 0.535. The molecule has 1 aromatic carbocycles. The van der Waals surface area contributed by atoms with E-state index in [1.165, 1.54) is 22.8 Å². The van der Waals surface area contributed by atoms with Gasteiger partial charge in [-0.05, 0) is 31.0 Å². The summed E-state index contributed by atoms with van der Waals surface area (Å²) in [7, 11) is 0. The van der Waals surface area contributed by atoms with Gasteiger partial charge >= 0.3 is 5.69 Å². The summed E-state index contributed by atoms with van der Waals surface area (Å²) in [6.45, 7) is -0.0407. The molecule has 1 fully saturated rings. The average molecular weight is 249 g/mol. The molecule has 1 amide bonds. The second-order valence-electron chi connectivity index (χ2n) is 4.52. The van der Waals surface area contributed by atoms with E-state index in [4.69, 9.17) is 0 Å². The summed E-state index contributed by atoms with van der Waals surface area (Å²) < 4.78 is 14.3. The van der Waals surface area contributed by atoms with Crippen molar-refractivity contribution in [3.63, 3.8) is 0 Å². The number of carbonyl (C=O) groups excluding carboxylic acids is 1. The average Bonchev–Trinajstić information content (AvgIpc) is 3.05. The Morgan fingerprint density at radius 2 is 2.28 bits per heavy atom. The van der Waals surface area contributed by atoms with Crippen molar-refractivity contribution in [3.8, 4) is 0 Å². The lowest BCUT2D eigenvalue weighted by Crippen LogP contribution is -2.32. The molecule has 18 heavy (non-hydrogen) atoms. The number of aromatic nitrogens is 2. The lowest BCUT2D eigenvalue weighted by atomic mass is 10.3. The predicted molar refractivity (Wildman–Crippen MR) is 63.7 cm³/mol. The fourth-order valence-electron chi connectivity index (χ4n) is 1.94. The van der Waals surface area contributed by atoms with E-state index >= 15 is 0 Å². The first-order valence-corrected chi connectivity index (χ1v) is 5.81. The van der Waals surface area contributed by atoms with Gasteiger partial charge in [0.25, 0.3) is 0 Å². The zero-order valence-electron chi connectivity index (χ0n) is 9.57. The number of benzene rings is 1. The summed E-state index contributed by atoms with van der Waals surface area (Å²) in [6.07, 6.45) is 2.00. The van der Waals surface area contributed by atoms with Gasteiger partial charge in [-0.15, -0.1) is 0 Å². The molecule has 6 heteroatoms. The van der Waals surface area contributed by atoms with E-state index in [0.717, 1.165) is 12.8 Å². The molecule has 2 aromatic rings. The Bertz CT molecular complexity index is 670. The number of amides is 1. The highest BCUT2D eigenvalue weighted by atomic mass is 19.1.